The number of aromatic nitrogens is 4. The summed E-state index contributed by atoms with van der Waals surface area (Å²) in [5, 5.41) is 3.82. The molecular weight excluding hydrogens is 343 g/mol. The van der Waals surface area contributed by atoms with Gasteiger partial charge >= 0.3 is 0 Å². The van der Waals surface area contributed by atoms with E-state index in [0.29, 0.717) is 24.3 Å². The normalized spacial score (nSPS) is 18.7. The number of nitrogens with zero attached hydrogens (tertiary/aromatic N) is 5. The zero-order chi connectivity index (χ0) is 18.1. The monoisotopic (exact) mass is 361 g/mol. The largest absolute Gasteiger partial charge is 0.298 e. The molecule has 0 spiro atoms. The van der Waals surface area contributed by atoms with Crippen LogP contribution in [0.25, 0.3) is 5.78 Å². The van der Waals surface area contributed by atoms with Crippen LogP contribution >= 0.6 is 0 Å². The Hall–Kier alpha value is -2.48. The van der Waals surface area contributed by atoms with E-state index < -0.39 is 6.43 Å². The summed E-state index contributed by atoms with van der Waals surface area (Å²) in [7, 11) is 0. The lowest BCUT2D eigenvalue weighted by molar-refractivity contribution is 0.142. The van der Waals surface area contributed by atoms with E-state index in [4.69, 9.17) is 0 Å². The first kappa shape index (κ1) is 17.0. The van der Waals surface area contributed by atoms with Crippen molar-refractivity contribution in [3.8, 4) is 0 Å². The van der Waals surface area contributed by atoms with Gasteiger partial charge in [0.1, 0.15) is 17.8 Å². The zero-order valence-corrected chi connectivity index (χ0v) is 14.0. The van der Waals surface area contributed by atoms with Crippen molar-refractivity contribution < 1.29 is 13.2 Å². The van der Waals surface area contributed by atoms with Crippen LogP contribution in [0.2, 0.25) is 0 Å². The van der Waals surface area contributed by atoms with E-state index in [1.807, 2.05) is 6.07 Å². The Morgan fingerprint density at radius 1 is 1.23 bits per heavy atom. The first-order valence-electron chi connectivity index (χ1n) is 8.56. The first-order chi connectivity index (χ1) is 12.6. The molecule has 0 amide bonds. The summed E-state index contributed by atoms with van der Waals surface area (Å²) in [6.45, 7) is 1.99. The molecule has 1 aliphatic heterocycles. The highest BCUT2D eigenvalue weighted by atomic mass is 19.3. The van der Waals surface area contributed by atoms with E-state index in [0.717, 1.165) is 23.9 Å². The van der Waals surface area contributed by atoms with Crippen molar-refractivity contribution in [2.24, 2.45) is 0 Å². The molecule has 1 aliphatic rings. The smallest absolute Gasteiger partial charge is 0.280 e. The van der Waals surface area contributed by atoms with Crippen molar-refractivity contribution in [2.45, 2.75) is 31.7 Å². The quantitative estimate of drug-likeness (QED) is 0.713. The van der Waals surface area contributed by atoms with Crippen LogP contribution in [0.4, 0.5) is 13.2 Å². The van der Waals surface area contributed by atoms with E-state index in [9.17, 15) is 13.2 Å². The van der Waals surface area contributed by atoms with Gasteiger partial charge in [-0.15, -0.1) is 0 Å². The minimum absolute atomic E-state index is 0.00900. The minimum atomic E-state index is -2.65. The maximum Gasteiger partial charge on any atom is 0.280 e. The number of fused-ring (bicyclic) bond motifs is 1. The molecule has 0 radical (unpaired) electrons. The van der Waals surface area contributed by atoms with Gasteiger partial charge in [-0.3, -0.25) is 4.90 Å². The van der Waals surface area contributed by atoms with Gasteiger partial charge < -0.3 is 0 Å². The fourth-order valence-electron chi connectivity index (χ4n) is 3.53. The molecule has 136 valence electrons. The molecule has 3 heterocycles. The molecule has 1 fully saturated rings. The molecule has 3 aromatic rings. The predicted molar refractivity (Wildman–Crippen MR) is 89.4 cm³/mol. The van der Waals surface area contributed by atoms with Gasteiger partial charge in [0, 0.05) is 24.6 Å². The van der Waals surface area contributed by atoms with Crippen LogP contribution in [-0.2, 0) is 6.54 Å². The second-order valence-electron chi connectivity index (χ2n) is 6.54. The van der Waals surface area contributed by atoms with E-state index in [1.165, 1.54) is 18.5 Å². The molecule has 5 nitrogen and oxygen atoms in total. The number of hydrogen-bond acceptors (Lipinski definition) is 4. The number of alkyl halides is 2. The number of hydrogen-bond donors (Lipinski definition) is 0. The highest BCUT2D eigenvalue weighted by molar-refractivity contribution is 5.32. The highest BCUT2D eigenvalue weighted by Crippen LogP contribution is 2.29. The molecule has 1 saturated heterocycles. The molecule has 0 saturated carbocycles. The van der Waals surface area contributed by atoms with Gasteiger partial charge in [0.25, 0.3) is 12.2 Å². The van der Waals surface area contributed by atoms with Crippen LogP contribution < -0.4 is 0 Å². The van der Waals surface area contributed by atoms with Crippen molar-refractivity contribution in [2.75, 3.05) is 13.1 Å². The summed E-state index contributed by atoms with van der Waals surface area (Å²) >= 11 is 0. The average molecular weight is 361 g/mol. The molecule has 2 aromatic heterocycles. The Morgan fingerprint density at radius 3 is 2.88 bits per heavy atom. The third-order valence-corrected chi connectivity index (χ3v) is 4.80. The van der Waals surface area contributed by atoms with Gasteiger partial charge in [0.05, 0.1) is 5.69 Å². The minimum Gasteiger partial charge on any atom is -0.298 e. The first-order valence-corrected chi connectivity index (χ1v) is 8.56. The summed E-state index contributed by atoms with van der Waals surface area (Å²) in [5.41, 5.74) is 1.04. The van der Waals surface area contributed by atoms with Gasteiger partial charge in [-0.2, -0.15) is 14.6 Å². The fraction of sp³-hybridized carbons (Fsp3) is 0.389. The number of halogens is 3. The van der Waals surface area contributed by atoms with Crippen LogP contribution in [0.3, 0.4) is 0 Å². The lowest BCUT2D eigenvalue weighted by Gasteiger charge is -2.32. The van der Waals surface area contributed by atoms with E-state index in [-0.39, 0.29) is 23.2 Å². The molecule has 1 atom stereocenters. The lowest BCUT2D eigenvalue weighted by atomic mass is 9.93. The van der Waals surface area contributed by atoms with Crippen molar-refractivity contribution in [3.63, 3.8) is 0 Å². The molecular formula is C18H18F3N5. The van der Waals surface area contributed by atoms with Crippen molar-refractivity contribution in [1.82, 2.24) is 24.5 Å². The zero-order valence-electron chi connectivity index (χ0n) is 14.0. The SMILES string of the molecule is Fc1ccccc1CN1CCC[C@@H](c2cc(C(F)F)n3ncnc3n2)C1. The van der Waals surface area contributed by atoms with Crippen molar-refractivity contribution in [1.29, 1.82) is 0 Å². The van der Waals surface area contributed by atoms with Gasteiger partial charge in [0.2, 0.25) is 0 Å². The van der Waals surface area contributed by atoms with Crippen LogP contribution in [-0.4, -0.2) is 37.6 Å². The average Bonchev–Trinajstić information content (AvgIpc) is 3.11. The number of rotatable bonds is 4. The summed E-state index contributed by atoms with van der Waals surface area (Å²) in [5.74, 6) is -0.0311. The van der Waals surface area contributed by atoms with E-state index in [2.05, 4.69) is 20.0 Å². The Kier molecular flexibility index (Phi) is 4.58. The second-order valence-corrected chi connectivity index (χ2v) is 6.54. The third-order valence-electron chi connectivity index (χ3n) is 4.80. The van der Waals surface area contributed by atoms with Gasteiger partial charge in [0.15, 0.2) is 0 Å². The second kappa shape index (κ2) is 7.03. The molecule has 0 unspecified atom stereocenters. The number of benzene rings is 1. The molecule has 1 aromatic carbocycles. The summed E-state index contributed by atoms with van der Waals surface area (Å²) < 4.78 is 41.7. The van der Waals surface area contributed by atoms with Gasteiger partial charge in [-0.05, 0) is 31.5 Å². The molecule has 0 bridgehead atoms. The number of piperidine rings is 1. The van der Waals surface area contributed by atoms with E-state index in [1.54, 1.807) is 12.1 Å². The standard InChI is InChI=1S/C18H18F3N5/c19-14-6-2-1-4-12(14)9-25-7-3-5-13(10-25)15-8-16(17(20)21)26-18(24-15)22-11-23-26/h1-2,4,6,8,11,13,17H,3,5,7,9-10H2/t13-/m1/s1. The summed E-state index contributed by atoms with van der Waals surface area (Å²) in [6.07, 6.45) is 0.332. The van der Waals surface area contributed by atoms with Gasteiger partial charge in [-0.1, -0.05) is 18.2 Å². The Morgan fingerprint density at radius 2 is 2.08 bits per heavy atom. The Balaban J connectivity index is 1.58. The van der Waals surface area contributed by atoms with Crippen LogP contribution in [0.5, 0.6) is 0 Å². The third kappa shape index (κ3) is 3.29. The summed E-state index contributed by atoms with van der Waals surface area (Å²) in [6, 6.07) is 8.13. The van der Waals surface area contributed by atoms with Crippen LogP contribution in [0, 0.1) is 5.82 Å². The predicted octanol–water partition coefficient (Wildman–Crippen LogP) is 3.58. The fourth-order valence-corrected chi connectivity index (χ4v) is 3.53. The highest BCUT2D eigenvalue weighted by Gasteiger charge is 2.26. The maximum absolute atomic E-state index is 13.9. The lowest BCUT2D eigenvalue weighted by Crippen LogP contribution is -2.34. The van der Waals surface area contributed by atoms with Crippen molar-refractivity contribution >= 4 is 5.78 Å². The van der Waals surface area contributed by atoms with E-state index >= 15 is 0 Å². The van der Waals surface area contributed by atoms with Gasteiger partial charge in [-0.25, -0.2) is 18.2 Å². The molecule has 26 heavy (non-hydrogen) atoms. The van der Waals surface area contributed by atoms with Crippen LogP contribution in [0.15, 0.2) is 36.7 Å². The number of likely N-dealkylation sites (tertiary alicyclic amines) is 1. The van der Waals surface area contributed by atoms with Crippen molar-refractivity contribution in [3.05, 3.63) is 59.4 Å². The Labute approximate surface area is 148 Å². The summed E-state index contributed by atoms with van der Waals surface area (Å²) in [4.78, 5) is 10.5. The molecule has 0 aliphatic carbocycles. The van der Waals surface area contributed by atoms with Crippen LogP contribution in [0.1, 0.15) is 42.1 Å². The molecule has 8 heteroatoms. The molecule has 4 rings (SSSR count). The molecule has 0 N–H and O–H groups in total. The Bertz CT molecular complexity index is 911. The maximum atomic E-state index is 13.9. The topological polar surface area (TPSA) is 46.3 Å².